The van der Waals surface area contributed by atoms with Gasteiger partial charge in [0.25, 0.3) is 0 Å². The molecule has 0 aromatic heterocycles. The molecule has 4 heteroatoms. The minimum absolute atomic E-state index is 0.0106. The minimum Gasteiger partial charge on any atom is -0.459 e. The summed E-state index contributed by atoms with van der Waals surface area (Å²) < 4.78 is 5.56. The van der Waals surface area contributed by atoms with Gasteiger partial charge in [0.05, 0.1) is 11.5 Å². The lowest BCUT2D eigenvalue weighted by Gasteiger charge is -2.50. The molecule has 0 aromatic rings. The molecular weight excluding hydrogens is 328 g/mol. The van der Waals surface area contributed by atoms with Crippen LogP contribution in [0.15, 0.2) is 35.5 Å². The van der Waals surface area contributed by atoms with Crippen LogP contribution in [0.5, 0.6) is 0 Å². The first-order chi connectivity index (χ1) is 12.3. The molecule has 0 saturated carbocycles. The van der Waals surface area contributed by atoms with Crippen LogP contribution >= 0.6 is 0 Å². The first kappa shape index (κ1) is 19.1. The molecule has 1 aliphatic heterocycles. The van der Waals surface area contributed by atoms with E-state index in [0.717, 1.165) is 24.0 Å². The summed E-state index contributed by atoms with van der Waals surface area (Å²) in [6.45, 7) is 7.56. The van der Waals surface area contributed by atoms with Gasteiger partial charge in [-0.1, -0.05) is 36.8 Å². The van der Waals surface area contributed by atoms with Crippen LogP contribution in [0.3, 0.4) is 0 Å². The fourth-order valence-electron chi connectivity index (χ4n) is 5.30. The van der Waals surface area contributed by atoms with E-state index in [9.17, 15) is 14.7 Å². The van der Waals surface area contributed by atoms with Crippen LogP contribution in [-0.2, 0) is 14.3 Å². The second kappa shape index (κ2) is 7.15. The first-order valence-corrected chi connectivity index (χ1v) is 9.73. The van der Waals surface area contributed by atoms with Crippen molar-refractivity contribution in [3.8, 4) is 0 Å². The van der Waals surface area contributed by atoms with Gasteiger partial charge in [-0.3, -0.25) is 9.59 Å². The second-order valence-electron chi connectivity index (χ2n) is 8.23. The highest BCUT2D eigenvalue weighted by molar-refractivity contribution is 6.03. The number of aliphatic hydroxyl groups is 1. The number of Topliss-reactive ketones (excluding diaryl/α,β-unsaturated/α-hetero) is 1. The summed E-state index contributed by atoms with van der Waals surface area (Å²) in [7, 11) is 0. The molecule has 0 radical (unpaired) electrons. The molecule has 1 heterocycles. The molecule has 0 fully saturated rings. The maximum absolute atomic E-state index is 13.5. The highest BCUT2D eigenvalue weighted by Crippen LogP contribution is 2.55. The highest BCUT2D eigenvalue weighted by atomic mass is 16.6. The summed E-state index contributed by atoms with van der Waals surface area (Å²) in [5.74, 6) is -0.00442. The fourth-order valence-corrected chi connectivity index (χ4v) is 5.30. The average molecular weight is 358 g/mol. The van der Waals surface area contributed by atoms with E-state index in [1.54, 1.807) is 6.92 Å². The summed E-state index contributed by atoms with van der Waals surface area (Å²) >= 11 is 0. The molecule has 26 heavy (non-hydrogen) atoms. The third kappa shape index (κ3) is 2.98. The molecule has 2 aliphatic carbocycles. The van der Waals surface area contributed by atoms with E-state index >= 15 is 0 Å². The highest BCUT2D eigenvalue weighted by Gasteiger charge is 2.54. The van der Waals surface area contributed by atoms with Crippen molar-refractivity contribution in [1.82, 2.24) is 0 Å². The summed E-state index contributed by atoms with van der Waals surface area (Å²) in [5, 5.41) is 10.1. The largest absolute Gasteiger partial charge is 0.459 e. The van der Waals surface area contributed by atoms with Gasteiger partial charge in [-0.15, -0.1) is 0 Å². The quantitative estimate of drug-likeness (QED) is 0.573. The standard InChI is InChI=1S/C22H30O4/c1-13-8-9-17-6-5-7-18-10-11-19(24)26-20(16(4)23)14(2)12-15(3)22(17,18)21(13)25/h5,7-8,12,14,16-18,20,23H,6,9-11H2,1-4H3/b15-12+. The van der Waals surface area contributed by atoms with Crippen LogP contribution in [0.25, 0.3) is 0 Å². The van der Waals surface area contributed by atoms with E-state index in [4.69, 9.17) is 4.74 Å². The predicted molar refractivity (Wildman–Crippen MR) is 100 cm³/mol. The molecule has 0 bridgehead atoms. The molecule has 0 aromatic carbocycles. The Balaban J connectivity index is 2.15. The monoisotopic (exact) mass is 358 g/mol. The Kier molecular flexibility index (Phi) is 5.25. The zero-order valence-corrected chi connectivity index (χ0v) is 16.2. The van der Waals surface area contributed by atoms with Crippen LogP contribution in [0, 0.1) is 23.2 Å². The van der Waals surface area contributed by atoms with Gasteiger partial charge in [0.1, 0.15) is 6.10 Å². The Bertz CT molecular complexity index is 684. The van der Waals surface area contributed by atoms with Crippen LogP contribution in [-0.4, -0.2) is 29.1 Å². The topological polar surface area (TPSA) is 63.6 Å². The third-order valence-electron chi connectivity index (χ3n) is 6.55. The van der Waals surface area contributed by atoms with Gasteiger partial charge in [-0.05, 0) is 57.4 Å². The second-order valence-corrected chi connectivity index (χ2v) is 8.23. The van der Waals surface area contributed by atoms with E-state index in [2.05, 4.69) is 31.2 Å². The van der Waals surface area contributed by atoms with Crippen molar-refractivity contribution >= 4 is 11.8 Å². The van der Waals surface area contributed by atoms with Crippen LogP contribution in [0.4, 0.5) is 0 Å². The zero-order valence-electron chi connectivity index (χ0n) is 16.2. The number of cyclic esters (lactones) is 1. The van der Waals surface area contributed by atoms with E-state index in [1.165, 1.54) is 0 Å². The molecule has 0 saturated heterocycles. The van der Waals surface area contributed by atoms with Crippen molar-refractivity contribution in [2.45, 2.75) is 65.6 Å². The van der Waals surface area contributed by atoms with Gasteiger partial charge in [-0.2, -0.15) is 0 Å². The van der Waals surface area contributed by atoms with Gasteiger partial charge in [-0.25, -0.2) is 0 Å². The Labute approximate surface area is 156 Å². The SMILES string of the molecule is CC1=CCC2CC=CC3CCC(=O)OC(C(C)O)C(C)/C=C(\C)C32C1=O. The van der Waals surface area contributed by atoms with Gasteiger partial charge < -0.3 is 9.84 Å². The fraction of sp³-hybridized carbons (Fsp3) is 0.636. The van der Waals surface area contributed by atoms with Gasteiger partial charge >= 0.3 is 5.97 Å². The number of aliphatic hydroxyl groups excluding tert-OH is 1. The molecule has 6 unspecified atom stereocenters. The van der Waals surface area contributed by atoms with E-state index in [0.29, 0.717) is 6.42 Å². The number of hydrogen-bond donors (Lipinski definition) is 1. The number of ketones is 1. The van der Waals surface area contributed by atoms with Crippen LogP contribution in [0.2, 0.25) is 0 Å². The van der Waals surface area contributed by atoms with E-state index in [-0.39, 0.29) is 35.9 Å². The predicted octanol–water partition coefficient (Wildman–Crippen LogP) is 3.75. The lowest BCUT2D eigenvalue weighted by Crippen LogP contribution is -2.50. The number of carbonyl (C=O) groups is 2. The van der Waals surface area contributed by atoms with Crippen molar-refractivity contribution in [2.75, 3.05) is 0 Å². The van der Waals surface area contributed by atoms with Crippen LogP contribution in [0.1, 0.15) is 53.4 Å². The smallest absolute Gasteiger partial charge is 0.306 e. The lowest BCUT2D eigenvalue weighted by atomic mass is 9.52. The summed E-state index contributed by atoms with van der Waals surface area (Å²) in [4.78, 5) is 25.8. The van der Waals surface area contributed by atoms with E-state index in [1.807, 2.05) is 13.8 Å². The molecule has 3 aliphatic rings. The van der Waals surface area contributed by atoms with Gasteiger partial charge in [0, 0.05) is 12.3 Å². The van der Waals surface area contributed by atoms with Crippen molar-refractivity contribution < 1.29 is 19.4 Å². The molecule has 1 spiro atoms. The molecule has 142 valence electrons. The number of rotatable bonds is 1. The van der Waals surface area contributed by atoms with Crippen molar-refractivity contribution in [2.24, 2.45) is 23.2 Å². The zero-order chi connectivity index (χ0) is 19.1. The maximum Gasteiger partial charge on any atom is 0.306 e. The Morgan fingerprint density at radius 1 is 1.27 bits per heavy atom. The number of esters is 1. The number of hydrogen-bond acceptors (Lipinski definition) is 4. The first-order valence-electron chi connectivity index (χ1n) is 9.73. The summed E-state index contributed by atoms with van der Waals surface area (Å²) in [6.07, 6.45) is 9.73. The van der Waals surface area contributed by atoms with E-state index < -0.39 is 17.6 Å². The normalized spacial score (nSPS) is 41.1. The Morgan fingerprint density at radius 3 is 2.69 bits per heavy atom. The maximum atomic E-state index is 13.5. The number of allylic oxidation sites excluding steroid dienone is 5. The molecule has 6 atom stereocenters. The van der Waals surface area contributed by atoms with Crippen molar-refractivity contribution in [1.29, 1.82) is 0 Å². The Morgan fingerprint density at radius 2 is 2.00 bits per heavy atom. The van der Waals surface area contributed by atoms with Crippen LogP contribution < -0.4 is 0 Å². The lowest BCUT2D eigenvalue weighted by molar-refractivity contribution is -0.158. The summed E-state index contributed by atoms with van der Waals surface area (Å²) in [6, 6.07) is 0. The van der Waals surface area contributed by atoms with Crippen molar-refractivity contribution in [3.63, 3.8) is 0 Å². The molecule has 1 N–H and O–H groups in total. The number of carbonyl (C=O) groups excluding carboxylic acids is 2. The minimum atomic E-state index is -0.753. The van der Waals surface area contributed by atoms with Crippen molar-refractivity contribution in [3.05, 3.63) is 35.5 Å². The molecule has 4 nitrogen and oxygen atoms in total. The summed E-state index contributed by atoms with van der Waals surface area (Å²) in [5.41, 5.74) is 1.32. The molecule has 0 amide bonds. The Hall–Kier alpha value is -1.68. The average Bonchev–Trinajstić information content (AvgIpc) is 2.59. The molecular formula is C22H30O4. The van der Waals surface area contributed by atoms with Gasteiger partial charge in [0.15, 0.2) is 5.78 Å². The molecule has 3 rings (SSSR count). The van der Waals surface area contributed by atoms with Gasteiger partial charge in [0.2, 0.25) is 0 Å². The third-order valence-corrected chi connectivity index (χ3v) is 6.55. The number of ether oxygens (including phenoxy) is 1.